The molecule has 13 nitrogen and oxygen atoms in total. The quantitative estimate of drug-likeness (QED) is 0.236. The molecule has 16 heteroatoms. The minimum atomic E-state index is -4.75. The molecule has 4 saturated carbocycles. The van der Waals surface area contributed by atoms with Crippen LogP contribution in [0, 0.1) is 46.3 Å². The first-order chi connectivity index (χ1) is 19.2. The van der Waals surface area contributed by atoms with Crippen molar-refractivity contribution in [2.24, 2.45) is 46.3 Å². The zero-order valence-electron chi connectivity index (χ0n) is 24.3. The summed E-state index contributed by atoms with van der Waals surface area (Å²) in [6.45, 7) is 6.37. The number of rotatable bonds is 11. The fourth-order valence-electron chi connectivity index (χ4n) is 9.62. The number of amides is 1. The summed E-state index contributed by atoms with van der Waals surface area (Å²) >= 11 is 0. The van der Waals surface area contributed by atoms with E-state index in [1.54, 1.807) is 0 Å². The maximum atomic E-state index is 12.3. The minimum Gasteiger partial charge on any atom is -0.355 e. The van der Waals surface area contributed by atoms with E-state index in [2.05, 4.69) is 26.1 Å². The average Bonchev–Trinajstić information content (AvgIpc) is 3.18. The summed E-state index contributed by atoms with van der Waals surface area (Å²) in [5.74, 6) is -0.415. The molecular formula is C26H45NO12S3. The lowest BCUT2D eigenvalue weighted by molar-refractivity contribution is -0.166. The van der Waals surface area contributed by atoms with Crippen LogP contribution < -0.4 is 5.32 Å². The molecule has 0 aliphatic heterocycles. The largest absolute Gasteiger partial charge is 0.397 e. The predicted octanol–water partition coefficient (Wildman–Crippen LogP) is 3.05. The SMILES string of the molecule is C[C@H](CCC(=O)NCCS(=O)(=O)O)[C@H]1CC[C@H]2[C@@H]3[C@@H](OS(=O)(=O)O)C[C@@H]4C[C@H](OS(=O)(=O)O)CC[C@]4(C)[C@H]3CC[C@]12C. The van der Waals surface area contributed by atoms with E-state index < -0.39 is 48.9 Å². The first-order valence-corrected chi connectivity index (χ1v) is 19.1. The van der Waals surface area contributed by atoms with Gasteiger partial charge in [0, 0.05) is 13.0 Å². The Morgan fingerprint density at radius 1 is 0.881 bits per heavy atom. The molecule has 0 bridgehead atoms. The average molecular weight is 660 g/mol. The van der Waals surface area contributed by atoms with E-state index in [4.69, 9.17) is 12.9 Å². The van der Waals surface area contributed by atoms with Crippen LogP contribution in [0.15, 0.2) is 0 Å². The summed E-state index contributed by atoms with van der Waals surface area (Å²) in [6, 6.07) is 0. The van der Waals surface area contributed by atoms with Gasteiger partial charge >= 0.3 is 20.8 Å². The van der Waals surface area contributed by atoms with Crippen molar-refractivity contribution in [3.63, 3.8) is 0 Å². The molecular weight excluding hydrogens is 614 g/mol. The second-order valence-corrected chi connectivity index (χ2v) is 17.3. The second kappa shape index (κ2) is 12.1. The molecule has 0 radical (unpaired) electrons. The summed E-state index contributed by atoms with van der Waals surface area (Å²) < 4.78 is 107. The van der Waals surface area contributed by atoms with Gasteiger partial charge < -0.3 is 5.32 Å². The van der Waals surface area contributed by atoms with Crippen molar-refractivity contribution in [3.8, 4) is 0 Å². The lowest BCUT2D eigenvalue weighted by Gasteiger charge is -2.62. The first kappa shape index (κ1) is 34.0. The Labute approximate surface area is 249 Å². The van der Waals surface area contributed by atoms with E-state index in [1.807, 2.05) is 0 Å². The molecule has 0 heterocycles. The van der Waals surface area contributed by atoms with Crippen molar-refractivity contribution in [2.45, 2.75) is 97.2 Å². The third kappa shape index (κ3) is 7.66. The van der Waals surface area contributed by atoms with Gasteiger partial charge in [-0.2, -0.15) is 25.3 Å². The second-order valence-electron chi connectivity index (χ2n) is 13.6. The van der Waals surface area contributed by atoms with E-state index in [1.165, 1.54) is 0 Å². The normalized spacial score (nSPS) is 39.5. The van der Waals surface area contributed by atoms with Gasteiger partial charge in [-0.3, -0.25) is 18.5 Å². The molecule has 1 amide bonds. The first-order valence-electron chi connectivity index (χ1n) is 14.7. The van der Waals surface area contributed by atoms with Crippen LogP contribution in [-0.4, -0.2) is 69.3 Å². The number of carbonyl (C=O) groups excluding carboxylic acids is 1. The van der Waals surface area contributed by atoms with Gasteiger partial charge in [0.15, 0.2) is 0 Å². The molecule has 0 aromatic rings. The van der Waals surface area contributed by atoms with Crippen molar-refractivity contribution < 1.29 is 52.1 Å². The van der Waals surface area contributed by atoms with Gasteiger partial charge in [0.25, 0.3) is 10.1 Å². The van der Waals surface area contributed by atoms with Crippen molar-refractivity contribution in [1.82, 2.24) is 5.32 Å². The Morgan fingerprint density at radius 2 is 1.50 bits per heavy atom. The fourth-order valence-corrected chi connectivity index (χ4v) is 11.0. The molecule has 0 spiro atoms. The van der Waals surface area contributed by atoms with E-state index >= 15 is 0 Å². The number of hydrogen-bond donors (Lipinski definition) is 4. The van der Waals surface area contributed by atoms with Crippen LogP contribution in [0.5, 0.6) is 0 Å². The van der Waals surface area contributed by atoms with Gasteiger partial charge in [0.2, 0.25) is 5.91 Å². The summed E-state index contributed by atoms with van der Waals surface area (Å²) in [5.41, 5.74) is -0.356. The Hall–Kier alpha value is -0.880. The molecule has 42 heavy (non-hydrogen) atoms. The monoisotopic (exact) mass is 659 g/mol. The molecule has 0 saturated heterocycles. The third-order valence-electron chi connectivity index (χ3n) is 11.4. The van der Waals surface area contributed by atoms with Crippen molar-refractivity contribution >= 4 is 36.8 Å². The topological polar surface area (TPSA) is 211 Å². The summed E-state index contributed by atoms with van der Waals surface area (Å²) in [7, 11) is -13.5. The van der Waals surface area contributed by atoms with Gasteiger partial charge in [-0.05, 0) is 104 Å². The van der Waals surface area contributed by atoms with Gasteiger partial charge in [0.1, 0.15) is 0 Å². The smallest absolute Gasteiger partial charge is 0.355 e. The molecule has 4 rings (SSSR count). The van der Waals surface area contributed by atoms with Crippen molar-refractivity contribution in [3.05, 3.63) is 0 Å². The number of fused-ring (bicyclic) bond motifs is 5. The summed E-state index contributed by atoms with van der Waals surface area (Å²) in [5, 5.41) is 2.53. The molecule has 4 N–H and O–H groups in total. The van der Waals surface area contributed by atoms with Gasteiger partial charge in [0.05, 0.1) is 18.0 Å². The van der Waals surface area contributed by atoms with E-state index in [0.717, 1.165) is 25.7 Å². The van der Waals surface area contributed by atoms with E-state index in [9.17, 15) is 39.2 Å². The van der Waals surface area contributed by atoms with Crippen LogP contribution in [0.3, 0.4) is 0 Å². The highest BCUT2D eigenvalue weighted by molar-refractivity contribution is 7.85. The number of carbonyl (C=O) groups is 1. The Morgan fingerprint density at radius 3 is 2.12 bits per heavy atom. The Balaban J connectivity index is 1.50. The molecule has 10 atom stereocenters. The molecule has 4 aliphatic carbocycles. The van der Waals surface area contributed by atoms with Crippen LogP contribution in [0.4, 0.5) is 0 Å². The van der Waals surface area contributed by atoms with Crippen LogP contribution in [0.25, 0.3) is 0 Å². The summed E-state index contributed by atoms with van der Waals surface area (Å²) in [4.78, 5) is 12.3. The molecule has 0 unspecified atom stereocenters. The van der Waals surface area contributed by atoms with Gasteiger partial charge in [-0.15, -0.1) is 0 Å². The fraction of sp³-hybridized carbons (Fsp3) is 0.962. The molecule has 4 fully saturated rings. The maximum absolute atomic E-state index is 12.3. The third-order valence-corrected chi connectivity index (χ3v) is 13.1. The molecule has 0 aromatic heterocycles. The Kier molecular flexibility index (Phi) is 9.83. The van der Waals surface area contributed by atoms with E-state index in [-0.39, 0.29) is 65.2 Å². The zero-order chi connectivity index (χ0) is 31.3. The maximum Gasteiger partial charge on any atom is 0.397 e. The zero-order valence-corrected chi connectivity index (χ0v) is 26.8. The minimum absolute atomic E-state index is 0.0930. The van der Waals surface area contributed by atoms with Crippen molar-refractivity contribution in [2.75, 3.05) is 12.3 Å². The molecule has 0 aromatic carbocycles. The van der Waals surface area contributed by atoms with Crippen LogP contribution in [-0.2, 0) is 44.1 Å². The highest BCUT2D eigenvalue weighted by Crippen LogP contribution is 2.69. The van der Waals surface area contributed by atoms with Crippen LogP contribution >= 0.6 is 0 Å². The highest BCUT2D eigenvalue weighted by Gasteiger charge is 2.64. The van der Waals surface area contributed by atoms with Crippen LogP contribution in [0.2, 0.25) is 0 Å². The molecule has 4 aliphatic rings. The van der Waals surface area contributed by atoms with Crippen LogP contribution in [0.1, 0.15) is 85.0 Å². The van der Waals surface area contributed by atoms with E-state index in [0.29, 0.717) is 32.1 Å². The van der Waals surface area contributed by atoms with Crippen molar-refractivity contribution in [1.29, 1.82) is 0 Å². The Bertz CT molecular complexity index is 1340. The lowest BCUT2D eigenvalue weighted by atomic mass is 9.43. The standard InChI is InChI=1S/C26H45NO12S3/c1-16(4-7-23(28)27-12-13-40(29,30)31)19-5-6-20-24-21(9-11-26(19,20)3)25(2)10-8-18(38-41(32,33)34)14-17(25)15-22(24)39-42(35,36)37/h16-22,24H,4-15H2,1-3H3,(H,27,28)(H,29,30,31)(H,32,33,34)(H,35,36,37)/t16-,17+,18-,19-,20+,21+,22+,24+,25+,26-/m1/s1. The van der Waals surface area contributed by atoms with Gasteiger partial charge in [-0.1, -0.05) is 20.8 Å². The highest BCUT2D eigenvalue weighted by atomic mass is 32.3. The lowest BCUT2D eigenvalue weighted by Crippen LogP contribution is -2.59. The molecule has 244 valence electrons. The number of nitrogens with one attached hydrogen (secondary N) is 1. The number of hydrogen-bond acceptors (Lipinski definition) is 9. The van der Waals surface area contributed by atoms with Gasteiger partial charge in [-0.25, -0.2) is 8.37 Å². The predicted molar refractivity (Wildman–Crippen MR) is 151 cm³/mol. The summed E-state index contributed by atoms with van der Waals surface area (Å²) in [6.07, 6.45) is 4.57.